The molecule has 1 aromatic carbocycles. The quantitative estimate of drug-likeness (QED) is 0.907. The van der Waals surface area contributed by atoms with E-state index in [1.54, 1.807) is 6.92 Å². The first-order valence-corrected chi connectivity index (χ1v) is 8.08. The van der Waals surface area contributed by atoms with Crippen molar-refractivity contribution in [3.63, 3.8) is 0 Å². The van der Waals surface area contributed by atoms with Crippen molar-refractivity contribution in [2.45, 2.75) is 51.7 Å². The van der Waals surface area contributed by atoms with E-state index in [0.717, 1.165) is 31.4 Å². The number of aliphatic hydroxyl groups excluding tert-OH is 1. The van der Waals surface area contributed by atoms with Crippen molar-refractivity contribution < 1.29 is 9.90 Å². The fourth-order valence-electron chi connectivity index (χ4n) is 3.11. The van der Waals surface area contributed by atoms with Crippen LogP contribution in [0.5, 0.6) is 0 Å². The van der Waals surface area contributed by atoms with Crippen molar-refractivity contribution in [1.82, 2.24) is 4.90 Å². The maximum absolute atomic E-state index is 12.6. The average molecular weight is 310 g/mol. The Kier molecular flexibility index (Phi) is 5.65. The summed E-state index contributed by atoms with van der Waals surface area (Å²) in [4.78, 5) is 14.6. The molecule has 1 amide bonds. The number of carbonyl (C=O) groups excluding carboxylic acids is 1. The van der Waals surface area contributed by atoms with Gasteiger partial charge in [0.2, 0.25) is 5.91 Å². The Balaban J connectivity index is 1.96. The molecule has 1 saturated heterocycles. The van der Waals surface area contributed by atoms with Crippen LogP contribution in [0.2, 0.25) is 5.02 Å². The molecule has 3 unspecified atom stereocenters. The van der Waals surface area contributed by atoms with Crippen LogP contribution in [-0.2, 0) is 11.2 Å². The Morgan fingerprint density at radius 3 is 2.67 bits per heavy atom. The summed E-state index contributed by atoms with van der Waals surface area (Å²) in [6, 6.07) is 7.87. The minimum absolute atomic E-state index is 0.0409. The van der Waals surface area contributed by atoms with Gasteiger partial charge in [-0.25, -0.2) is 0 Å². The summed E-state index contributed by atoms with van der Waals surface area (Å²) in [5, 5.41) is 10.3. The molecule has 21 heavy (non-hydrogen) atoms. The van der Waals surface area contributed by atoms with Gasteiger partial charge in [0.1, 0.15) is 0 Å². The first-order chi connectivity index (χ1) is 9.97. The SMILES string of the molecule is CC(O)CC1CCCN1C(=O)C(C)Cc1ccc(Cl)cc1. The molecule has 116 valence electrons. The Bertz CT molecular complexity index is 472. The van der Waals surface area contributed by atoms with Gasteiger partial charge in [-0.1, -0.05) is 30.7 Å². The second kappa shape index (κ2) is 7.28. The average Bonchev–Trinajstić information content (AvgIpc) is 2.87. The van der Waals surface area contributed by atoms with Gasteiger partial charge < -0.3 is 10.0 Å². The number of halogens is 1. The zero-order chi connectivity index (χ0) is 15.4. The van der Waals surface area contributed by atoms with Crippen LogP contribution >= 0.6 is 11.6 Å². The van der Waals surface area contributed by atoms with E-state index in [4.69, 9.17) is 11.6 Å². The van der Waals surface area contributed by atoms with Crippen molar-refractivity contribution in [2.24, 2.45) is 5.92 Å². The molecule has 1 aromatic rings. The second-order valence-corrected chi connectivity index (χ2v) is 6.58. The second-order valence-electron chi connectivity index (χ2n) is 6.14. The molecule has 0 bridgehead atoms. The Morgan fingerprint density at radius 1 is 1.38 bits per heavy atom. The van der Waals surface area contributed by atoms with Crippen LogP contribution < -0.4 is 0 Å². The van der Waals surface area contributed by atoms with E-state index in [2.05, 4.69) is 0 Å². The monoisotopic (exact) mass is 309 g/mol. The maximum Gasteiger partial charge on any atom is 0.225 e. The lowest BCUT2D eigenvalue weighted by Crippen LogP contribution is -2.40. The van der Waals surface area contributed by atoms with Crippen LogP contribution in [0.1, 0.15) is 38.7 Å². The molecular formula is C17H24ClNO2. The number of hydrogen-bond donors (Lipinski definition) is 1. The molecule has 3 atom stereocenters. The van der Waals surface area contributed by atoms with Crippen molar-refractivity contribution in [2.75, 3.05) is 6.54 Å². The standard InChI is InChI=1S/C17H24ClNO2/c1-12(10-14-5-7-15(18)8-6-14)17(21)19-9-3-4-16(19)11-13(2)20/h5-8,12-13,16,20H,3-4,9-11H2,1-2H3. The largest absolute Gasteiger partial charge is 0.393 e. The number of likely N-dealkylation sites (tertiary alicyclic amines) is 1. The number of amides is 1. The van der Waals surface area contributed by atoms with Crippen LogP contribution in [0.4, 0.5) is 0 Å². The molecule has 0 spiro atoms. The van der Waals surface area contributed by atoms with Crippen LogP contribution in [0.3, 0.4) is 0 Å². The third-order valence-electron chi connectivity index (χ3n) is 4.15. The molecule has 3 nitrogen and oxygen atoms in total. The van der Waals surface area contributed by atoms with Gasteiger partial charge in [0.05, 0.1) is 6.10 Å². The first kappa shape index (κ1) is 16.3. The molecule has 0 radical (unpaired) electrons. The highest BCUT2D eigenvalue weighted by molar-refractivity contribution is 6.30. The van der Waals surface area contributed by atoms with E-state index < -0.39 is 0 Å². The van der Waals surface area contributed by atoms with E-state index in [1.807, 2.05) is 36.1 Å². The number of aliphatic hydroxyl groups is 1. The third kappa shape index (κ3) is 4.45. The predicted molar refractivity (Wildman–Crippen MR) is 85.4 cm³/mol. The predicted octanol–water partition coefficient (Wildman–Crippen LogP) is 3.28. The summed E-state index contributed by atoms with van der Waals surface area (Å²) in [6.45, 7) is 4.59. The number of hydrogen-bond acceptors (Lipinski definition) is 2. The molecular weight excluding hydrogens is 286 g/mol. The van der Waals surface area contributed by atoms with E-state index in [-0.39, 0.29) is 24.0 Å². The minimum Gasteiger partial charge on any atom is -0.393 e. The number of rotatable bonds is 5. The molecule has 1 fully saturated rings. The van der Waals surface area contributed by atoms with Crippen LogP contribution in [0, 0.1) is 5.92 Å². The van der Waals surface area contributed by atoms with Crippen molar-refractivity contribution in [3.05, 3.63) is 34.9 Å². The highest BCUT2D eigenvalue weighted by atomic mass is 35.5. The fraction of sp³-hybridized carbons (Fsp3) is 0.588. The molecule has 0 aromatic heterocycles. The Hall–Kier alpha value is -1.06. The highest BCUT2D eigenvalue weighted by Gasteiger charge is 2.31. The zero-order valence-electron chi connectivity index (χ0n) is 12.8. The fourth-order valence-corrected chi connectivity index (χ4v) is 3.24. The lowest BCUT2D eigenvalue weighted by atomic mass is 9.99. The van der Waals surface area contributed by atoms with Crippen molar-refractivity contribution in [3.8, 4) is 0 Å². The summed E-state index contributed by atoms with van der Waals surface area (Å²) >= 11 is 5.88. The number of nitrogens with zero attached hydrogens (tertiary/aromatic N) is 1. The number of carbonyl (C=O) groups is 1. The third-order valence-corrected chi connectivity index (χ3v) is 4.40. The van der Waals surface area contributed by atoms with E-state index >= 15 is 0 Å². The molecule has 2 rings (SSSR count). The smallest absolute Gasteiger partial charge is 0.225 e. The molecule has 0 aliphatic carbocycles. The topological polar surface area (TPSA) is 40.5 Å². The summed E-state index contributed by atoms with van der Waals surface area (Å²) in [6.07, 6.45) is 3.10. The van der Waals surface area contributed by atoms with Gasteiger partial charge in [-0.05, 0) is 50.3 Å². The van der Waals surface area contributed by atoms with Gasteiger partial charge in [0.15, 0.2) is 0 Å². The molecule has 1 N–H and O–H groups in total. The van der Waals surface area contributed by atoms with Gasteiger partial charge in [-0.2, -0.15) is 0 Å². The Labute approximate surface area is 131 Å². The molecule has 1 aliphatic heterocycles. The molecule has 4 heteroatoms. The lowest BCUT2D eigenvalue weighted by Gasteiger charge is -2.28. The van der Waals surface area contributed by atoms with Gasteiger partial charge in [0, 0.05) is 23.5 Å². The minimum atomic E-state index is -0.352. The first-order valence-electron chi connectivity index (χ1n) is 7.70. The normalized spacial score (nSPS) is 21.3. The van der Waals surface area contributed by atoms with Gasteiger partial charge >= 0.3 is 0 Å². The van der Waals surface area contributed by atoms with Gasteiger partial charge in [-0.15, -0.1) is 0 Å². The zero-order valence-corrected chi connectivity index (χ0v) is 13.5. The van der Waals surface area contributed by atoms with E-state index in [0.29, 0.717) is 11.4 Å². The maximum atomic E-state index is 12.6. The van der Waals surface area contributed by atoms with E-state index in [1.165, 1.54) is 0 Å². The van der Waals surface area contributed by atoms with Crippen LogP contribution in [0.15, 0.2) is 24.3 Å². The summed E-state index contributed by atoms with van der Waals surface area (Å²) in [7, 11) is 0. The summed E-state index contributed by atoms with van der Waals surface area (Å²) < 4.78 is 0. The Morgan fingerprint density at radius 2 is 2.05 bits per heavy atom. The lowest BCUT2D eigenvalue weighted by molar-refractivity contribution is -0.136. The van der Waals surface area contributed by atoms with E-state index in [9.17, 15) is 9.90 Å². The van der Waals surface area contributed by atoms with Gasteiger partial charge in [-0.3, -0.25) is 4.79 Å². The molecule has 1 heterocycles. The number of benzene rings is 1. The van der Waals surface area contributed by atoms with Crippen LogP contribution in [0.25, 0.3) is 0 Å². The summed E-state index contributed by atoms with van der Waals surface area (Å²) in [5.74, 6) is 0.161. The van der Waals surface area contributed by atoms with Crippen molar-refractivity contribution >= 4 is 17.5 Å². The highest BCUT2D eigenvalue weighted by Crippen LogP contribution is 2.24. The van der Waals surface area contributed by atoms with Crippen LogP contribution in [-0.4, -0.2) is 34.6 Å². The van der Waals surface area contributed by atoms with Gasteiger partial charge in [0.25, 0.3) is 0 Å². The van der Waals surface area contributed by atoms with Crippen molar-refractivity contribution in [1.29, 1.82) is 0 Å². The molecule has 1 aliphatic rings. The molecule has 0 saturated carbocycles. The summed E-state index contributed by atoms with van der Waals surface area (Å²) in [5.41, 5.74) is 1.13.